The molecule has 0 spiro atoms. The predicted molar refractivity (Wildman–Crippen MR) is 66.7 cm³/mol. The molecule has 1 atom stereocenters. The standard InChI is InChI=1S/C13H21N3O/c1-5-11(17-4)13-15-10-7-14-6-9(10)12(16-13)8(2)3/h8,11,14H,5-7H2,1-4H3. The van der Waals surface area contributed by atoms with Crippen LogP contribution in [0.3, 0.4) is 0 Å². The zero-order valence-corrected chi connectivity index (χ0v) is 11.1. The molecule has 1 aromatic heterocycles. The van der Waals surface area contributed by atoms with E-state index in [1.54, 1.807) is 7.11 Å². The Morgan fingerprint density at radius 1 is 1.29 bits per heavy atom. The van der Waals surface area contributed by atoms with E-state index in [2.05, 4.69) is 31.1 Å². The summed E-state index contributed by atoms with van der Waals surface area (Å²) in [7, 11) is 1.72. The maximum atomic E-state index is 5.43. The van der Waals surface area contributed by atoms with Crippen molar-refractivity contribution in [2.24, 2.45) is 0 Å². The van der Waals surface area contributed by atoms with Gasteiger partial charge in [0.2, 0.25) is 0 Å². The fourth-order valence-electron chi connectivity index (χ4n) is 2.29. The van der Waals surface area contributed by atoms with Crippen molar-refractivity contribution in [2.75, 3.05) is 7.11 Å². The van der Waals surface area contributed by atoms with Crippen molar-refractivity contribution in [3.8, 4) is 0 Å². The molecular formula is C13H21N3O. The molecule has 1 aliphatic heterocycles. The van der Waals surface area contributed by atoms with Crippen molar-refractivity contribution in [1.29, 1.82) is 0 Å². The molecule has 0 aliphatic carbocycles. The summed E-state index contributed by atoms with van der Waals surface area (Å²) in [6.07, 6.45) is 0.915. The first-order valence-electron chi connectivity index (χ1n) is 6.30. The molecule has 2 heterocycles. The Bertz CT molecular complexity index is 400. The van der Waals surface area contributed by atoms with Gasteiger partial charge in [0.25, 0.3) is 0 Å². The molecule has 0 bridgehead atoms. The van der Waals surface area contributed by atoms with E-state index in [-0.39, 0.29) is 6.10 Å². The van der Waals surface area contributed by atoms with Crippen molar-refractivity contribution in [2.45, 2.75) is 52.3 Å². The van der Waals surface area contributed by atoms with E-state index in [1.807, 2.05) is 0 Å². The van der Waals surface area contributed by atoms with Crippen LogP contribution in [0.25, 0.3) is 0 Å². The predicted octanol–water partition coefficient (Wildman–Crippen LogP) is 2.30. The lowest BCUT2D eigenvalue weighted by atomic mass is 10.0. The summed E-state index contributed by atoms with van der Waals surface area (Å²) in [5.41, 5.74) is 3.61. The van der Waals surface area contributed by atoms with Crippen molar-refractivity contribution in [3.05, 3.63) is 22.8 Å². The molecule has 2 rings (SSSR count). The maximum Gasteiger partial charge on any atom is 0.157 e. The van der Waals surface area contributed by atoms with Crippen LogP contribution in [0.1, 0.15) is 62.0 Å². The van der Waals surface area contributed by atoms with Gasteiger partial charge in [0.15, 0.2) is 5.82 Å². The number of rotatable bonds is 4. The molecule has 1 aromatic rings. The van der Waals surface area contributed by atoms with Gasteiger partial charge in [0.05, 0.1) is 11.4 Å². The number of methoxy groups -OCH3 is 1. The van der Waals surface area contributed by atoms with Crippen molar-refractivity contribution in [3.63, 3.8) is 0 Å². The molecule has 94 valence electrons. The summed E-state index contributed by atoms with van der Waals surface area (Å²) in [5, 5.41) is 3.34. The summed E-state index contributed by atoms with van der Waals surface area (Å²) in [6.45, 7) is 8.20. The van der Waals surface area contributed by atoms with Gasteiger partial charge in [-0.2, -0.15) is 0 Å². The van der Waals surface area contributed by atoms with Crippen LogP contribution in [0.4, 0.5) is 0 Å². The quantitative estimate of drug-likeness (QED) is 0.870. The van der Waals surface area contributed by atoms with Crippen LogP contribution in [-0.2, 0) is 17.8 Å². The van der Waals surface area contributed by atoms with Crippen LogP contribution in [0, 0.1) is 0 Å². The minimum absolute atomic E-state index is 0.0124. The largest absolute Gasteiger partial charge is 0.373 e. The lowest BCUT2D eigenvalue weighted by Gasteiger charge is -2.16. The lowest BCUT2D eigenvalue weighted by molar-refractivity contribution is 0.0921. The van der Waals surface area contributed by atoms with Crippen LogP contribution >= 0.6 is 0 Å². The number of hydrogen-bond donors (Lipinski definition) is 1. The third kappa shape index (κ3) is 2.33. The molecule has 4 heteroatoms. The van der Waals surface area contributed by atoms with Crippen molar-refractivity contribution in [1.82, 2.24) is 15.3 Å². The summed E-state index contributed by atoms with van der Waals surface area (Å²) in [5.74, 6) is 1.26. The molecule has 0 amide bonds. The number of ether oxygens (including phenoxy) is 1. The van der Waals surface area contributed by atoms with E-state index < -0.39 is 0 Å². The van der Waals surface area contributed by atoms with E-state index >= 15 is 0 Å². The van der Waals surface area contributed by atoms with Crippen LogP contribution < -0.4 is 5.32 Å². The van der Waals surface area contributed by atoms with Gasteiger partial charge in [0.1, 0.15) is 6.10 Å². The molecule has 1 N–H and O–H groups in total. The Morgan fingerprint density at radius 2 is 2.06 bits per heavy atom. The minimum atomic E-state index is 0.0124. The number of nitrogens with zero attached hydrogens (tertiary/aromatic N) is 2. The second-order valence-electron chi connectivity index (χ2n) is 4.78. The Balaban J connectivity index is 2.46. The van der Waals surface area contributed by atoms with Gasteiger partial charge in [-0.3, -0.25) is 0 Å². The van der Waals surface area contributed by atoms with Gasteiger partial charge >= 0.3 is 0 Å². The fourth-order valence-corrected chi connectivity index (χ4v) is 2.29. The van der Waals surface area contributed by atoms with E-state index in [4.69, 9.17) is 9.72 Å². The normalized spacial score (nSPS) is 16.3. The van der Waals surface area contributed by atoms with Gasteiger partial charge in [-0.1, -0.05) is 20.8 Å². The van der Waals surface area contributed by atoms with Crippen LogP contribution in [-0.4, -0.2) is 17.1 Å². The highest BCUT2D eigenvalue weighted by Gasteiger charge is 2.23. The maximum absolute atomic E-state index is 5.43. The molecule has 0 fully saturated rings. The lowest BCUT2D eigenvalue weighted by Crippen LogP contribution is -2.12. The van der Waals surface area contributed by atoms with Gasteiger partial charge in [-0.25, -0.2) is 9.97 Å². The molecular weight excluding hydrogens is 214 g/mol. The Hall–Kier alpha value is -1.00. The average molecular weight is 235 g/mol. The van der Waals surface area contributed by atoms with E-state index in [0.717, 1.165) is 31.0 Å². The number of nitrogens with one attached hydrogen (secondary N) is 1. The smallest absolute Gasteiger partial charge is 0.157 e. The highest BCUT2D eigenvalue weighted by Crippen LogP contribution is 2.26. The van der Waals surface area contributed by atoms with Crippen LogP contribution in [0.2, 0.25) is 0 Å². The summed E-state index contributed by atoms with van der Waals surface area (Å²) in [6, 6.07) is 0. The zero-order chi connectivity index (χ0) is 12.4. The molecule has 0 saturated carbocycles. The molecule has 1 unspecified atom stereocenters. The number of aromatic nitrogens is 2. The second-order valence-corrected chi connectivity index (χ2v) is 4.78. The third-order valence-corrected chi connectivity index (χ3v) is 3.23. The van der Waals surface area contributed by atoms with Crippen molar-refractivity contribution >= 4 is 0 Å². The molecule has 0 aromatic carbocycles. The average Bonchev–Trinajstić information content (AvgIpc) is 2.77. The SMILES string of the molecule is CCC(OC)c1nc2c(c(C(C)C)n1)CNC2. The summed E-state index contributed by atoms with van der Waals surface area (Å²) < 4.78 is 5.43. The van der Waals surface area contributed by atoms with Crippen LogP contribution in [0.5, 0.6) is 0 Å². The van der Waals surface area contributed by atoms with Gasteiger partial charge in [-0.05, 0) is 12.3 Å². The molecule has 0 radical (unpaired) electrons. The third-order valence-electron chi connectivity index (χ3n) is 3.23. The first kappa shape index (κ1) is 12.5. The first-order chi connectivity index (χ1) is 8.17. The van der Waals surface area contributed by atoms with E-state index in [0.29, 0.717) is 5.92 Å². The number of fused-ring (bicyclic) bond motifs is 1. The van der Waals surface area contributed by atoms with E-state index in [1.165, 1.54) is 11.3 Å². The Morgan fingerprint density at radius 3 is 2.65 bits per heavy atom. The second kappa shape index (κ2) is 5.10. The zero-order valence-electron chi connectivity index (χ0n) is 11.1. The Labute approximate surface area is 103 Å². The minimum Gasteiger partial charge on any atom is -0.373 e. The van der Waals surface area contributed by atoms with Gasteiger partial charge in [0, 0.05) is 25.8 Å². The first-order valence-corrected chi connectivity index (χ1v) is 6.30. The molecule has 1 aliphatic rings. The summed E-state index contributed by atoms with van der Waals surface area (Å²) >= 11 is 0. The molecule has 17 heavy (non-hydrogen) atoms. The monoisotopic (exact) mass is 235 g/mol. The fraction of sp³-hybridized carbons (Fsp3) is 0.692. The van der Waals surface area contributed by atoms with Crippen molar-refractivity contribution < 1.29 is 4.74 Å². The Kier molecular flexibility index (Phi) is 3.74. The van der Waals surface area contributed by atoms with E-state index in [9.17, 15) is 0 Å². The van der Waals surface area contributed by atoms with Crippen LogP contribution in [0.15, 0.2) is 0 Å². The summed E-state index contributed by atoms with van der Waals surface area (Å²) in [4.78, 5) is 9.35. The number of hydrogen-bond acceptors (Lipinski definition) is 4. The molecule has 0 saturated heterocycles. The topological polar surface area (TPSA) is 47.0 Å². The molecule has 4 nitrogen and oxygen atoms in total. The van der Waals surface area contributed by atoms with Gasteiger partial charge < -0.3 is 10.1 Å². The van der Waals surface area contributed by atoms with Gasteiger partial charge in [-0.15, -0.1) is 0 Å². The highest BCUT2D eigenvalue weighted by molar-refractivity contribution is 5.31. The highest BCUT2D eigenvalue weighted by atomic mass is 16.5.